The van der Waals surface area contributed by atoms with Gasteiger partial charge >= 0.3 is 0 Å². The number of benzene rings is 1. The Kier molecular flexibility index (Phi) is 5.28. The largest absolute Gasteiger partial charge is 0.346 e. The number of unbranched alkanes of at least 4 members (excludes halogenated alkanes) is 1. The van der Waals surface area contributed by atoms with Crippen molar-refractivity contribution in [2.75, 3.05) is 18.9 Å². The molecule has 0 aromatic heterocycles. The minimum atomic E-state index is -1.63. The van der Waals surface area contributed by atoms with Crippen molar-refractivity contribution >= 4 is 17.5 Å². The Bertz CT molecular complexity index is 622. The van der Waals surface area contributed by atoms with E-state index in [1.165, 1.54) is 0 Å². The summed E-state index contributed by atoms with van der Waals surface area (Å²) in [5.41, 5.74) is -0.425. The lowest BCUT2D eigenvalue weighted by molar-refractivity contribution is -0.132. The quantitative estimate of drug-likeness (QED) is 0.816. The average molecular weight is 328 g/mol. The fourth-order valence-electron chi connectivity index (χ4n) is 2.39. The minimum absolute atomic E-state index is 0.121. The zero-order valence-electron chi connectivity index (χ0n) is 13.0. The molecule has 1 aromatic carbocycles. The predicted octanol–water partition coefficient (Wildman–Crippen LogP) is 2.94. The summed E-state index contributed by atoms with van der Waals surface area (Å²) in [4.78, 5) is 25.7. The first kappa shape index (κ1) is 17.3. The summed E-state index contributed by atoms with van der Waals surface area (Å²) < 4.78 is 39.5. The summed E-state index contributed by atoms with van der Waals surface area (Å²) in [6, 6.07) is 1.69. The Morgan fingerprint density at radius 3 is 2.57 bits per heavy atom. The molecular formula is C16H19F3N2O2. The zero-order valence-corrected chi connectivity index (χ0v) is 13.0. The van der Waals surface area contributed by atoms with Crippen LogP contribution >= 0.6 is 0 Å². The molecule has 0 spiro atoms. The number of nitrogens with zero attached hydrogens (tertiary/aromatic N) is 1. The Morgan fingerprint density at radius 2 is 1.91 bits per heavy atom. The molecule has 4 nitrogen and oxygen atoms in total. The topological polar surface area (TPSA) is 49.4 Å². The Hall–Kier alpha value is -2.05. The van der Waals surface area contributed by atoms with Gasteiger partial charge < -0.3 is 10.2 Å². The molecule has 0 aliphatic heterocycles. The molecule has 2 unspecified atom stereocenters. The number of halogens is 3. The lowest BCUT2D eigenvalue weighted by atomic mass is 10.2. The van der Waals surface area contributed by atoms with Gasteiger partial charge in [-0.15, -0.1) is 0 Å². The smallest absolute Gasteiger partial charge is 0.228 e. The Labute approximate surface area is 132 Å². The van der Waals surface area contributed by atoms with Crippen LogP contribution < -0.4 is 5.32 Å². The molecule has 7 heteroatoms. The molecule has 2 amide bonds. The van der Waals surface area contributed by atoms with E-state index in [2.05, 4.69) is 5.32 Å². The number of nitrogens with one attached hydrogen (secondary N) is 1. The van der Waals surface area contributed by atoms with Gasteiger partial charge in [0.05, 0.1) is 17.5 Å². The normalized spacial score (nSPS) is 19.3. The molecule has 2 rings (SSSR count). The van der Waals surface area contributed by atoms with Crippen LogP contribution in [0, 0.1) is 29.3 Å². The lowest BCUT2D eigenvalue weighted by Gasteiger charge is -2.16. The third kappa shape index (κ3) is 3.83. The van der Waals surface area contributed by atoms with Crippen LogP contribution in [0.1, 0.15) is 26.2 Å². The maximum atomic E-state index is 13.5. The maximum absolute atomic E-state index is 13.5. The van der Waals surface area contributed by atoms with Gasteiger partial charge in [0.2, 0.25) is 11.8 Å². The molecule has 126 valence electrons. The second-order valence-corrected chi connectivity index (χ2v) is 5.77. The van der Waals surface area contributed by atoms with Crippen LogP contribution in [0.4, 0.5) is 18.9 Å². The van der Waals surface area contributed by atoms with Crippen molar-refractivity contribution in [3.05, 3.63) is 29.6 Å². The molecule has 1 aromatic rings. The SMILES string of the molecule is CCCCN(C)C(=O)C1CC1C(=O)Nc1ccc(F)c(F)c1F. The van der Waals surface area contributed by atoms with E-state index in [1.807, 2.05) is 6.92 Å². The lowest BCUT2D eigenvalue weighted by Crippen LogP contribution is -2.30. The number of rotatable bonds is 6. The van der Waals surface area contributed by atoms with E-state index in [4.69, 9.17) is 0 Å². The minimum Gasteiger partial charge on any atom is -0.346 e. The predicted molar refractivity (Wildman–Crippen MR) is 79.1 cm³/mol. The van der Waals surface area contributed by atoms with E-state index in [-0.39, 0.29) is 5.91 Å². The zero-order chi connectivity index (χ0) is 17.1. The number of anilines is 1. The summed E-state index contributed by atoms with van der Waals surface area (Å²) in [6.07, 6.45) is 2.22. The van der Waals surface area contributed by atoms with Crippen LogP contribution in [-0.4, -0.2) is 30.3 Å². The first-order chi connectivity index (χ1) is 10.9. The molecule has 0 saturated heterocycles. The third-order valence-corrected chi connectivity index (χ3v) is 3.96. The molecule has 0 bridgehead atoms. The summed E-state index contributed by atoms with van der Waals surface area (Å²) in [7, 11) is 1.68. The molecule has 0 heterocycles. The van der Waals surface area contributed by atoms with Crippen LogP contribution in [0.25, 0.3) is 0 Å². The van der Waals surface area contributed by atoms with Crippen LogP contribution in [-0.2, 0) is 9.59 Å². The highest BCUT2D eigenvalue weighted by atomic mass is 19.2. The molecule has 23 heavy (non-hydrogen) atoms. The molecule has 1 fully saturated rings. The molecule has 1 saturated carbocycles. The first-order valence-electron chi connectivity index (χ1n) is 7.56. The second-order valence-electron chi connectivity index (χ2n) is 5.77. The number of hydrogen-bond acceptors (Lipinski definition) is 2. The second kappa shape index (κ2) is 7.02. The van der Waals surface area contributed by atoms with Crippen LogP contribution in [0.3, 0.4) is 0 Å². The van der Waals surface area contributed by atoms with Gasteiger partial charge in [0.1, 0.15) is 0 Å². The highest BCUT2D eigenvalue weighted by Crippen LogP contribution is 2.41. The van der Waals surface area contributed by atoms with E-state index in [0.29, 0.717) is 13.0 Å². The van der Waals surface area contributed by atoms with Crippen LogP contribution in [0.2, 0.25) is 0 Å². The van der Waals surface area contributed by atoms with Gasteiger partial charge in [-0.05, 0) is 25.0 Å². The van der Waals surface area contributed by atoms with Crippen molar-refractivity contribution in [1.29, 1.82) is 0 Å². The van der Waals surface area contributed by atoms with Gasteiger partial charge in [0.15, 0.2) is 17.5 Å². The Morgan fingerprint density at radius 1 is 1.22 bits per heavy atom. The highest BCUT2D eigenvalue weighted by molar-refractivity contribution is 5.99. The van der Waals surface area contributed by atoms with E-state index in [1.54, 1.807) is 11.9 Å². The van der Waals surface area contributed by atoms with Gasteiger partial charge in [-0.25, -0.2) is 13.2 Å². The molecular weight excluding hydrogens is 309 g/mol. The molecule has 0 radical (unpaired) electrons. The third-order valence-electron chi connectivity index (χ3n) is 3.96. The van der Waals surface area contributed by atoms with Crippen molar-refractivity contribution < 1.29 is 22.8 Å². The summed E-state index contributed by atoms with van der Waals surface area (Å²) >= 11 is 0. The van der Waals surface area contributed by atoms with Gasteiger partial charge in [-0.2, -0.15) is 0 Å². The maximum Gasteiger partial charge on any atom is 0.228 e. The van der Waals surface area contributed by atoms with Crippen molar-refractivity contribution in [3.63, 3.8) is 0 Å². The van der Waals surface area contributed by atoms with E-state index in [9.17, 15) is 22.8 Å². The van der Waals surface area contributed by atoms with E-state index < -0.39 is 40.9 Å². The van der Waals surface area contributed by atoms with Crippen molar-refractivity contribution in [1.82, 2.24) is 4.90 Å². The number of carbonyl (C=O) groups is 2. The fraction of sp³-hybridized carbons (Fsp3) is 0.500. The van der Waals surface area contributed by atoms with Crippen molar-refractivity contribution in [2.24, 2.45) is 11.8 Å². The average Bonchev–Trinajstić information content (AvgIpc) is 3.33. The van der Waals surface area contributed by atoms with Gasteiger partial charge in [-0.3, -0.25) is 9.59 Å². The fourth-order valence-corrected chi connectivity index (χ4v) is 2.39. The number of hydrogen-bond donors (Lipinski definition) is 1. The monoisotopic (exact) mass is 328 g/mol. The van der Waals surface area contributed by atoms with E-state index in [0.717, 1.165) is 25.0 Å². The van der Waals surface area contributed by atoms with Crippen LogP contribution in [0.15, 0.2) is 12.1 Å². The molecule has 2 atom stereocenters. The van der Waals surface area contributed by atoms with Crippen molar-refractivity contribution in [2.45, 2.75) is 26.2 Å². The van der Waals surface area contributed by atoms with Crippen molar-refractivity contribution in [3.8, 4) is 0 Å². The summed E-state index contributed by atoms with van der Waals surface area (Å²) in [5, 5.41) is 2.22. The number of carbonyl (C=O) groups excluding carboxylic acids is 2. The molecule has 1 N–H and O–H groups in total. The molecule has 1 aliphatic carbocycles. The summed E-state index contributed by atoms with van der Waals surface area (Å²) in [6.45, 7) is 2.64. The highest BCUT2D eigenvalue weighted by Gasteiger charge is 2.49. The molecule has 1 aliphatic rings. The standard InChI is InChI=1S/C16H19F3N2O2/c1-3-4-7-21(2)16(23)10-8-9(10)15(22)20-12-6-5-11(17)13(18)14(12)19/h5-6,9-10H,3-4,7-8H2,1-2H3,(H,20,22). The Balaban J connectivity index is 1.94. The number of amides is 2. The van der Waals surface area contributed by atoms with Gasteiger partial charge in [0.25, 0.3) is 0 Å². The van der Waals surface area contributed by atoms with Gasteiger partial charge in [0, 0.05) is 13.6 Å². The summed E-state index contributed by atoms with van der Waals surface area (Å²) in [5.74, 6) is -6.06. The first-order valence-corrected chi connectivity index (χ1v) is 7.56. The van der Waals surface area contributed by atoms with Gasteiger partial charge in [-0.1, -0.05) is 13.3 Å². The van der Waals surface area contributed by atoms with E-state index >= 15 is 0 Å². The van der Waals surface area contributed by atoms with Crippen LogP contribution in [0.5, 0.6) is 0 Å².